The maximum atomic E-state index is 12.5. The summed E-state index contributed by atoms with van der Waals surface area (Å²) in [6.45, 7) is 9.50. The van der Waals surface area contributed by atoms with Crippen LogP contribution in [0.25, 0.3) is 0 Å². The molecule has 12 heteroatoms. The first-order valence-electron chi connectivity index (χ1n) is 12.1. The van der Waals surface area contributed by atoms with Crippen LogP contribution in [0.2, 0.25) is 0 Å². The molecule has 1 unspecified atom stereocenters. The Bertz CT molecular complexity index is 1060. The van der Waals surface area contributed by atoms with E-state index in [0.717, 1.165) is 0 Å². The molecule has 9 nitrogen and oxygen atoms in total. The van der Waals surface area contributed by atoms with Crippen molar-refractivity contribution in [3.05, 3.63) is 57.8 Å². The molecule has 0 saturated carbocycles. The number of ether oxygens (including phenoxy) is 2. The summed E-state index contributed by atoms with van der Waals surface area (Å²) in [7, 11) is 1.67. The maximum Gasteiger partial charge on any atom is 0.337 e. The number of hydrogen-bond acceptors (Lipinski definition) is 9. The third-order valence-corrected chi connectivity index (χ3v) is 7.17. The second-order valence-electron chi connectivity index (χ2n) is 8.24. The molecular weight excluding hydrogens is 579 g/mol. The highest BCUT2D eigenvalue weighted by molar-refractivity contribution is 9.10. The third-order valence-electron chi connectivity index (χ3n) is 5.76. The number of morpholine rings is 1. The quantitative estimate of drug-likeness (QED) is 0.242. The lowest BCUT2D eigenvalue weighted by molar-refractivity contribution is -0.139. The number of thioether (sulfide) groups is 1. The van der Waals surface area contributed by atoms with E-state index in [4.69, 9.17) is 14.6 Å². The van der Waals surface area contributed by atoms with Gasteiger partial charge in [-0.25, -0.2) is 9.18 Å². The Morgan fingerprint density at radius 2 is 2.18 bits per heavy atom. The van der Waals surface area contributed by atoms with Crippen molar-refractivity contribution >= 4 is 50.5 Å². The van der Waals surface area contributed by atoms with E-state index >= 15 is 0 Å². The zero-order valence-electron chi connectivity index (χ0n) is 21.8. The zero-order chi connectivity index (χ0) is 28.1. The van der Waals surface area contributed by atoms with E-state index in [2.05, 4.69) is 42.7 Å². The van der Waals surface area contributed by atoms with E-state index in [1.54, 1.807) is 37.6 Å². The van der Waals surface area contributed by atoms with Crippen molar-refractivity contribution in [2.45, 2.75) is 38.8 Å². The van der Waals surface area contributed by atoms with E-state index in [-0.39, 0.29) is 37.5 Å². The van der Waals surface area contributed by atoms with Gasteiger partial charge in [0, 0.05) is 38.3 Å². The number of carboxylic acids is 1. The molecule has 3 rings (SSSR count). The van der Waals surface area contributed by atoms with Crippen LogP contribution in [0.3, 0.4) is 0 Å². The molecule has 2 aliphatic rings. The molecule has 0 bridgehead atoms. The van der Waals surface area contributed by atoms with Crippen LogP contribution < -0.4 is 5.32 Å². The van der Waals surface area contributed by atoms with Gasteiger partial charge in [0.2, 0.25) is 0 Å². The maximum absolute atomic E-state index is 12.5. The molecule has 1 aromatic rings. The fourth-order valence-corrected chi connectivity index (χ4v) is 4.70. The van der Waals surface area contributed by atoms with E-state index in [0.29, 0.717) is 52.7 Å². The SMILES string of the molecule is C=CSC(=NC)C1=NCC(C(=O)OCC)=C(CN2CCO[C@H](C)C2CCC(=O)O)N1.Fc1ccccc1Br. The van der Waals surface area contributed by atoms with Gasteiger partial charge in [-0.1, -0.05) is 30.5 Å². The van der Waals surface area contributed by atoms with Crippen LogP contribution in [0.15, 0.2) is 62.0 Å². The van der Waals surface area contributed by atoms with Crippen LogP contribution in [-0.2, 0) is 19.1 Å². The first kappa shape index (κ1) is 31.7. The first-order valence-corrected chi connectivity index (χ1v) is 13.8. The molecule has 2 N–H and O–H groups in total. The average molecular weight is 614 g/mol. The average Bonchev–Trinajstić information content (AvgIpc) is 2.89. The van der Waals surface area contributed by atoms with E-state index in [1.807, 2.05) is 6.92 Å². The number of carboxylic acid groups (broad SMARTS) is 1. The number of nitrogens with zero attached hydrogens (tertiary/aromatic N) is 3. The molecule has 1 saturated heterocycles. The molecule has 0 radical (unpaired) electrons. The predicted octanol–water partition coefficient (Wildman–Crippen LogP) is 4.25. The minimum atomic E-state index is -0.838. The van der Waals surface area contributed by atoms with Gasteiger partial charge in [0.25, 0.3) is 0 Å². The van der Waals surface area contributed by atoms with Gasteiger partial charge in [-0.05, 0) is 53.7 Å². The molecule has 2 heterocycles. The fourth-order valence-electron chi connectivity index (χ4n) is 3.92. The number of nitrogens with one attached hydrogen (secondary N) is 1. The molecular formula is C26H34BrFN4O5S. The van der Waals surface area contributed by atoms with Crippen LogP contribution in [0.1, 0.15) is 26.7 Å². The fraction of sp³-hybridized carbons (Fsp3) is 0.462. The summed E-state index contributed by atoms with van der Waals surface area (Å²) < 4.78 is 23.7. The molecule has 38 heavy (non-hydrogen) atoms. The molecule has 0 spiro atoms. The molecule has 0 amide bonds. The van der Waals surface area contributed by atoms with Crippen LogP contribution >= 0.6 is 27.7 Å². The summed E-state index contributed by atoms with van der Waals surface area (Å²) >= 11 is 4.37. The van der Waals surface area contributed by atoms with Crippen molar-refractivity contribution in [2.75, 3.05) is 39.9 Å². The van der Waals surface area contributed by atoms with Crippen molar-refractivity contribution in [3.8, 4) is 0 Å². The monoisotopic (exact) mass is 612 g/mol. The van der Waals surface area contributed by atoms with Gasteiger partial charge >= 0.3 is 11.9 Å². The summed E-state index contributed by atoms with van der Waals surface area (Å²) in [6.07, 6.45) is 0.417. The Hall–Kier alpha value is -2.54. The summed E-state index contributed by atoms with van der Waals surface area (Å²) in [5, 5.41) is 14.7. The summed E-state index contributed by atoms with van der Waals surface area (Å²) in [5.41, 5.74) is 1.16. The van der Waals surface area contributed by atoms with E-state index in [1.165, 1.54) is 17.8 Å². The third kappa shape index (κ3) is 9.64. The highest BCUT2D eigenvalue weighted by Crippen LogP contribution is 2.22. The van der Waals surface area contributed by atoms with Gasteiger partial charge in [-0.3, -0.25) is 19.7 Å². The van der Waals surface area contributed by atoms with E-state index in [9.17, 15) is 14.0 Å². The Morgan fingerprint density at radius 3 is 2.76 bits per heavy atom. The summed E-state index contributed by atoms with van der Waals surface area (Å²) in [6, 6.07) is 6.42. The molecule has 1 fully saturated rings. The number of aliphatic imine (C=N–C) groups is 2. The Kier molecular flexibility index (Phi) is 13.7. The second-order valence-corrected chi connectivity index (χ2v) is 10.1. The number of benzene rings is 1. The summed E-state index contributed by atoms with van der Waals surface area (Å²) in [4.78, 5) is 34.5. The Balaban J connectivity index is 0.000000538. The number of carbonyl (C=O) groups excluding carboxylic acids is 1. The van der Waals surface area contributed by atoms with Crippen molar-refractivity contribution in [1.82, 2.24) is 10.2 Å². The topological polar surface area (TPSA) is 113 Å². The molecule has 2 atom stereocenters. The smallest absolute Gasteiger partial charge is 0.337 e. The Labute approximate surface area is 235 Å². The standard InChI is InChI=1S/C20H30N4O5S.C6H4BrF/c1-5-28-20(27)14-11-22-18(19(21-4)30-6-2)23-15(14)12-24-9-10-29-13(3)16(24)7-8-17(25)26;7-5-3-1-2-4-6(5)8/h6,13,16H,2,5,7-12H2,1,3-4H3,(H,22,23)(H,25,26);1-4H/t13-,16?;/m1./s1. The zero-order valence-corrected chi connectivity index (χ0v) is 24.2. The van der Waals surface area contributed by atoms with Crippen molar-refractivity contribution in [1.29, 1.82) is 0 Å². The normalized spacial score (nSPS) is 20.0. The van der Waals surface area contributed by atoms with Crippen molar-refractivity contribution in [2.24, 2.45) is 9.98 Å². The summed E-state index contributed by atoms with van der Waals surface area (Å²) in [5.74, 6) is -0.881. The lowest BCUT2D eigenvalue weighted by Gasteiger charge is -2.40. The van der Waals surface area contributed by atoms with Gasteiger partial charge in [-0.15, -0.1) is 0 Å². The molecule has 0 aromatic heterocycles. The highest BCUT2D eigenvalue weighted by Gasteiger charge is 2.32. The lowest BCUT2D eigenvalue weighted by atomic mass is 10.0. The van der Waals surface area contributed by atoms with Gasteiger partial charge in [0.15, 0.2) is 5.84 Å². The first-order chi connectivity index (χ1) is 18.2. The van der Waals surface area contributed by atoms with Crippen LogP contribution in [-0.4, -0.2) is 84.9 Å². The molecule has 1 aromatic carbocycles. The molecule has 0 aliphatic carbocycles. The largest absolute Gasteiger partial charge is 0.481 e. The number of esters is 1. The lowest BCUT2D eigenvalue weighted by Crippen LogP contribution is -2.52. The van der Waals surface area contributed by atoms with Gasteiger partial charge in [0.05, 0.1) is 35.9 Å². The predicted molar refractivity (Wildman–Crippen MR) is 152 cm³/mol. The van der Waals surface area contributed by atoms with E-state index < -0.39 is 11.9 Å². The van der Waals surface area contributed by atoms with Crippen molar-refractivity contribution in [3.63, 3.8) is 0 Å². The van der Waals surface area contributed by atoms with Crippen LogP contribution in [0.4, 0.5) is 4.39 Å². The number of aliphatic carboxylic acids is 1. The minimum Gasteiger partial charge on any atom is -0.481 e. The molecule has 208 valence electrons. The van der Waals surface area contributed by atoms with Gasteiger partial charge < -0.3 is 19.9 Å². The van der Waals surface area contributed by atoms with Crippen LogP contribution in [0.5, 0.6) is 0 Å². The van der Waals surface area contributed by atoms with Gasteiger partial charge in [0.1, 0.15) is 10.9 Å². The number of amidine groups is 1. The minimum absolute atomic E-state index is 0.0569. The second kappa shape index (κ2) is 16.4. The van der Waals surface area contributed by atoms with Crippen molar-refractivity contribution < 1.29 is 28.6 Å². The van der Waals surface area contributed by atoms with Gasteiger partial charge in [-0.2, -0.15) is 0 Å². The number of carbonyl (C=O) groups is 2. The number of halogens is 2. The molecule has 2 aliphatic heterocycles. The number of hydrogen-bond donors (Lipinski definition) is 2. The highest BCUT2D eigenvalue weighted by atomic mass is 79.9. The van der Waals surface area contributed by atoms with Crippen LogP contribution in [0, 0.1) is 5.82 Å². The Morgan fingerprint density at radius 1 is 1.45 bits per heavy atom. The number of rotatable bonds is 9.